The van der Waals surface area contributed by atoms with Crippen LogP contribution in [0.25, 0.3) is 0 Å². The molecule has 0 amide bonds. The highest BCUT2D eigenvalue weighted by molar-refractivity contribution is 7.89. The van der Waals surface area contributed by atoms with E-state index in [2.05, 4.69) is 4.72 Å². The van der Waals surface area contributed by atoms with Gasteiger partial charge in [-0.15, -0.1) is 0 Å². The average molecular weight is 299 g/mol. The molecule has 1 fully saturated rings. The van der Waals surface area contributed by atoms with Crippen LogP contribution in [-0.4, -0.2) is 32.3 Å². The first-order chi connectivity index (χ1) is 9.44. The molecule has 5 nitrogen and oxygen atoms in total. The Labute approximate surface area is 120 Å². The van der Waals surface area contributed by atoms with Crippen LogP contribution < -0.4 is 4.72 Å². The highest BCUT2D eigenvalue weighted by Crippen LogP contribution is 2.19. The molecule has 112 valence electrons. The standard InChI is InChI=1S/C14H21NO4S/c1-10-5-6-13(8-12(10)9-16)20(17,18)15-11(2)14-4-3-7-19-14/h5-6,8,11,14-16H,3-4,7,9H2,1-2H3. The van der Waals surface area contributed by atoms with E-state index in [-0.39, 0.29) is 23.6 Å². The highest BCUT2D eigenvalue weighted by atomic mass is 32.2. The highest BCUT2D eigenvalue weighted by Gasteiger charge is 2.27. The molecule has 20 heavy (non-hydrogen) atoms. The van der Waals surface area contributed by atoms with Gasteiger partial charge in [-0.3, -0.25) is 0 Å². The Morgan fingerprint density at radius 2 is 2.25 bits per heavy atom. The van der Waals surface area contributed by atoms with Crippen molar-refractivity contribution < 1.29 is 18.3 Å². The third-order valence-corrected chi connectivity index (χ3v) is 5.22. The number of rotatable bonds is 5. The summed E-state index contributed by atoms with van der Waals surface area (Å²) in [5.41, 5.74) is 1.50. The third kappa shape index (κ3) is 3.38. The van der Waals surface area contributed by atoms with Gasteiger partial charge in [0.05, 0.1) is 17.6 Å². The first kappa shape index (κ1) is 15.4. The molecule has 2 N–H and O–H groups in total. The van der Waals surface area contributed by atoms with E-state index in [1.54, 1.807) is 12.1 Å². The summed E-state index contributed by atoms with van der Waals surface area (Å²) < 4.78 is 32.8. The predicted molar refractivity (Wildman–Crippen MR) is 75.9 cm³/mol. The molecule has 0 radical (unpaired) electrons. The lowest BCUT2D eigenvalue weighted by Gasteiger charge is -2.20. The maximum absolute atomic E-state index is 12.3. The summed E-state index contributed by atoms with van der Waals surface area (Å²) in [5.74, 6) is 0. The normalized spacial score (nSPS) is 21.1. The predicted octanol–water partition coefficient (Wildman–Crippen LogP) is 1.33. The van der Waals surface area contributed by atoms with E-state index in [1.807, 2.05) is 13.8 Å². The van der Waals surface area contributed by atoms with Crippen LogP contribution in [0.3, 0.4) is 0 Å². The minimum absolute atomic E-state index is 0.0625. The van der Waals surface area contributed by atoms with Gasteiger partial charge in [0.25, 0.3) is 0 Å². The van der Waals surface area contributed by atoms with Gasteiger partial charge in [0.2, 0.25) is 10.0 Å². The van der Waals surface area contributed by atoms with Gasteiger partial charge in [0.1, 0.15) is 0 Å². The third-order valence-electron chi connectivity index (χ3n) is 3.66. The zero-order valence-corrected chi connectivity index (χ0v) is 12.6. The SMILES string of the molecule is Cc1ccc(S(=O)(=O)NC(C)C2CCCO2)cc1CO. The zero-order valence-electron chi connectivity index (χ0n) is 11.8. The molecule has 0 bridgehead atoms. The lowest BCUT2D eigenvalue weighted by molar-refractivity contribution is 0.0902. The summed E-state index contributed by atoms with van der Waals surface area (Å²) in [6.07, 6.45) is 1.78. The Morgan fingerprint density at radius 1 is 1.50 bits per heavy atom. The summed E-state index contributed by atoms with van der Waals surface area (Å²) >= 11 is 0. The molecule has 1 aromatic rings. The molecule has 0 aromatic heterocycles. The summed E-state index contributed by atoms with van der Waals surface area (Å²) in [6.45, 7) is 4.17. The first-order valence-electron chi connectivity index (χ1n) is 6.78. The monoisotopic (exact) mass is 299 g/mol. The van der Waals surface area contributed by atoms with Crippen molar-refractivity contribution in [1.29, 1.82) is 0 Å². The van der Waals surface area contributed by atoms with Gasteiger partial charge in [0, 0.05) is 12.6 Å². The number of benzene rings is 1. The second-order valence-corrected chi connectivity index (χ2v) is 6.92. The maximum atomic E-state index is 12.3. The minimum atomic E-state index is -3.59. The first-order valence-corrected chi connectivity index (χ1v) is 8.26. The molecule has 1 aliphatic rings. The quantitative estimate of drug-likeness (QED) is 0.860. The van der Waals surface area contributed by atoms with E-state index >= 15 is 0 Å². The van der Waals surface area contributed by atoms with Crippen LogP contribution in [0.15, 0.2) is 23.1 Å². The summed E-state index contributed by atoms with van der Waals surface area (Å²) in [5, 5.41) is 9.23. The smallest absolute Gasteiger partial charge is 0.240 e. The van der Waals surface area contributed by atoms with Crippen molar-refractivity contribution >= 4 is 10.0 Å². The van der Waals surface area contributed by atoms with Crippen LogP contribution in [0.2, 0.25) is 0 Å². The summed E-state index contributed by atoms with van der Waals surface area (Å²) in [6, 6.07) is 4.51. The Bertz CT molecular complexity index is 565. The van der Waals surface area contributed by atoms with E-state index in [0.717, 1.165) is 18.4 Å². The van der Waals surface area contributed by atoms with Gasteiger partial charge in [-0.25, -0.2) is 13.1 Å². The molecule has 0 saturated carbocycles. The molecule has 2 atom stereocenters. The largest absolute Gasteiger partial charge is 0.392 e. The molecule has 0 spiro atoms. The van der Waals surface area contributed by atoms with E-state index in [1.165, 1.54) is 6.07 Å². The number of sulfonamides is 1. The number of hydrogen-bond donors (Lipinski definition) is 2. The topological polar surface area (TPSA) is 75.6 Å². The van der Waals surface area contributed by atoms with Crippen molar-refractivity contribution in [2.24, 2.45) is 0 Å². The van der Waals surface area contributed by atoms with E-state index < -0.39 is 10.0 Å². The molecule has 1 heterocycles. The zero-order chi connectivity index (χ0) is 14.8. The van der Waals surface area contributed by atoms with Crippen molar-refractivity contribution in [2.75, 3.05) is 6.61 Å². The van der Waals surface area contributed by atoms with Gasteiger partial charge < -0.3 is 9.84 Å². The molecule has 1 aliphatic heterocycles. The number of hydrogen-bond acceptors (Lipinski definition) is 4. The van der Waals surface area contributed by atoms with Gasteiger partial charge >= 0.3 is 0 Å². The lowest BCUT2D eigenvalue weighted by Crippen LogP contribution is -2.40. The van der Waals surface area contributed by atoms with Crippen LogP contribution in [0.1, 0.15) is 30.9 Å². The van der Waals surface area contributed by atoms with Gasteiger partial charge in [0.15, 0.2) is 0 Å². The Morgan fingerprint density at radius 3 is 2.85 bits per heavy atom. The molecule has 2 rings (SSSR count). The number of aryl methyl sites for hydroxylation is 1. The van der Waals surface area contributed by atoms with E-state index in [4.69, 9.17) is 4.74 Å². The summed E-state index contributed by atoms with van der Waals surface area (Å²) in [7, 11) is -3.59. The van der Waals surface area contributed by atoms with Gasteiger partial charge in [-0.1, -0.05) is 6.07 Å². The number of nitrogens with one attached hydrogen (secondary N) is 1. The van der Waals surface area contributed by atoms with Crippen molar-refractivity contribution in [3.8, 4) is 0 Å². The molecule has 2 unspecified atom stereocenters. The number of aliphatic hydroxyl groups is 1. The van der Waals surface area contributed by atoms with Crippen molar-refractivity contribution in [1.82, 2.24) is 4.72 Å². The van der Waals surface area contributed by atoms with E-state index in [0.29, 0.717) is 12.2 Å². The lowest BCUT2D eigenvalue weighted by atomic mass is 10.1. The molecule has 1 saturated heterocycles. The van der Waals surface area contributed by atoms with Gasteiger partial charge in [-0.05, 0) is 49.9 Å². The molecule has 1 aromatic carbocycles. The van der Waals surface area contributed by atoms with E-state index in [9.17, 15) is 13.5 Å². The number of aliphatic hydroxyl groups excluding tert-OH is 1. The Balaban J connectivity index is 2.17. The molecular weight excluding hydrogens is 278 g/mol. The fraction of sp³-hybridized carbons (Fsp3) is 0.571. The average Bonchev–Trinajstić information content (AvgIpc) is 2.92. The van der Waals surface area contributed by atoms with Crippen molar-refractivity contribution in [3.05, 3.63) is 29.3 Å². The van der Waals surface area contributed by atoms with Crippen LogP contribution in [0.5, 0.6) is 0 Å². The maximum Gasteiger partial charge on any atom is 0.240 e. The second kappa shape index (κ2) is 6.22. The van der Waals surface area contributed by atoms with Crippen LogP contribution in [-0.2, 0) is 21.4 Å². The fourth-order valence-electron chi connectivity index (χ4n) is 2.37. The van der Waals surface area contributed by atoms with Crippen molar-refractivity contribution in [3.63, 3.8) is 0 Å². The Hall–Kier alpha value is -0.950. The van der Waals surface area contributed by atoms with Gasteiger partial charge in [-0.2, -0.15) is 0 Å². The van der Waals surface area contributed by atoms with Crippen LogP contribution in [0.4, 0.5) is 0 Å². The van der Waals surface area contributed by atoms with Crippen LogP contribution >= 0.6 is 0 Å². The minimum Gasteiger partial charge on any atom is -0.392 e. The van der Waals surface area contributed by atoms with Crippen LogP contribution in [0, 0.1) is 6.92 Å². The molecular formula is C14H21NO4S. The Kier molecular flexibility index (Phi) is 4.80. The fourth-order valence-corrected chi connectivity index (χ4v) is 3.69. The molecule has 0 aliphatic carbocycles. The van der Waals surface area contributed by atoms with Crippen molar-refractivity contribution in [2.45, 2.75) is 50.3 Å². The summed E-state index contributed by atoms with van der Waals surface area (Å²) in [4.78, 5) is 0.178. The number of ether oxygens (including phenoxy) is 1. The second-order valence-electron chi connectivity index (χ2n) is 5.21. The molecule has 6 heteroatoms.